The number of nitrogens with two attached hydrogens (primary N) is 1. The fraction of sp³-hybridized carbons (Fsp3) is 0.310. The zero-order chi connectivity index (χ0) is 24.5. The minimum Gasteiger partial charge on any atom is -0.474 e. The number of ether oxygens (including phenoxy) is 1. The molecule has 35 heavy (non-hydrogen) atoms. The van der Waals surface area contributed by atoms with Gasteiger partial charge >= 0.3 is 0 Å². The first kappa shape index (κ1) is 23.1. The number of nitrogen functional groups attached to an aromatic ring is 1. The molecule has 6 heteroatoms. The fourth-order valence-corrected chi connectivity index (χ4v) is 5.25. The predicted octanol–water partition coefficient (Wildman–Crippen LogP) is 5.53. The van der Waals surface area contributed by atoms with Crippen LogP contribution >= 0.6 is 0 Å². The molecule has 3 N–H and O–H groups in total. The molecule has 1 amide bonds. The summed E-state index contributed by atoms with van der Waals surface area (Å²) in [6, 6.07) is 24.2. The van der Waals surface area contributed by atoms with Crippen LogP contribution in [0.4, 0.5) is 11.4 Å². The number of nitrogens with zero attached hydrogens (tertiary/aromatic N) is 2. The molecule has 0 spiro atoms. The largest absolute Gasteiger partial charge is 0.474 e. The van der Waals surface area contributed by atoms with Crippen LogP contribution in [0.5, 0.6) is 5.75 Å². The number of nitrogens with one attached hydrogen (secondary N) is 1. The van der Waals surface area contributed by atoms with Crippen LogP contribution in [0.15, 0.2) is 72.8 Å². The summed E-state index contributed by atoms with van der Waals surface area (Å²) >= 11 is 0. The summed E-state index contributed by atoms with van der Waals surface area (Å²) in [4.78, 5) is 18.1. The van der Waals surface area contributed by atoms with Gasteiger partial charge in [0.15, 0.2) is 0 Å². The van der Waals surface area contributed by atoms with E-state index < -0.39 is 6.10 Å². The predicted molar refractivity (Wildman–Crippen MR) is 139 cm³/mol. The van der Waals surface area contributed by atoms with Gasteiger partial charge in [0.2, 0.25) is 6.10 Å². The highest BCUT2D eigenvalue weighted by molar-refractivity contribution is 6.06. The van der Waals surface area contributed by atoms with Crippen molar-refractivity contribution in [2.75, 3.05) is 4.90 Å². The number of fused-ring (bicyclic) bond motifs is 1. The normalized spacial score (nSPS) is 22.4. The molecule has 6 nitrogen and oxygen atoms in total. The van der Waals surface area contributed by atoms with Crippen LogP contribution in [-0.2, 0) is 11.3 Å². The van der Waals surface area contributed by atoms with E-state index in [1.54, 1.807) is 23.1 Å². The summed E-state index contributed by atoms with van der Waals surface area (Å²) < 4.78 is 6.16. The number of carbonyl (C=O) groups excluding carboxylic acids is 1. The van der Waals surface area contributed by atoms with Gasteiger partial charge in [0, 0.05) is 35.4 Å². The maximum Gasteiger partial charge on any atom is 0.277 e. The van der Waals surface area contributed by atoms with E-state index in [-0.39, 0.29) is 11.7 Å². The van der Waals surface area contributed by atoms with Gasteiger partial charge in [-0.3, -0.25) is 20.0 Å². The zero-order valence-corrected chi connectivity index (χ0v) is 20.3. The van der Waals surface area contributed by atoms with Gasteiger partial charge in [-0.2, -0.15) is 0 Å². The van der Waals surface area contributed by atoms with Crippen LogP contribution in [0.3, 0.4) is 0 Å². The zero-order valence-electron chi connectivity index (χ0n) is 20.3. The second kappa shape index (κ2) is 9.55. The van der Waals surface area contributed by atoms with Crippen LogP contribution in [0.25, 0.3) is 0 Å². The minimum absolute atomic E-state index is 0.0414. The molecule has 2 aliphatic rings. The number of piperidine rings is 1. The Balaban J connectivity index is 1.46. The van der Waals surface area contributed by atoms with Crippen molar-refractivity contribution in [3.63, 3.8) is 0 Å². The van der Waals surface area contributed by atoms with Gasteiger partial charge in [-0.1, -0.05) is 48.9 Å². The first-order valence-corrected chi connectivity index (χ1v) is 12.3. The third kappa shape index (κ3) is 4.54. The van der Waals surface area contributed by atoms with Gasteiger partial charge in [-0.05, 0) is 62.6 Å². The smallest absolute Gasteiger partial charge is 0.277 e. The molecule has 3 aromatic carbocycles. The maximum absolute atomic E-state index is 13.8. The quantitative estimate of drug-likeness (QED) is 0.381. The number of amidine groups is 1. The second-order valence-corrected chi connectivity index (χ2v) is 9.65. The molecule has 1 fully saturated rings. The summed E-state index contributed by atoms with van der Waals surface area (Å²) in [7, 11) is 0. The standard InChI is InChI=1S/C29H32N4O2/c1-19-7-5-8-20(2)32(19)18-21-13-15-24(16-14-21)33-25-11-3-4-12-26(25)35-27(29(33)34)22-9-6-10-23(17-22)28(30)31/h3-4,6,9-17,19-20,27H,5,7-8,18H2,1-2H3,(H3,30,31)/t19-,20+,27?. The molecular weight excluding hydrogens is 436 g/mol. The van der Waals surface area contributed by atoms with Crippen molar-refractivity contribution >= 4 is 23.1 Å². The number of rotatable bonds is 5. The van der Waals surface area contributed by atoms with E-state index in [0.29, 0.717) is 29.0 Å². The Kier molecular flexibility index (Phi) is 6.31. The fourth-order valence-electron chi connectivity index (χ4n) is 5.25. The number of anilines is 2. The Hall–Kier alpha value is -3.64. The number of hydrogen-bond acceptors (Lipinski definition) is 4. The lowest BCUT2D eigenvalue weighted by atomic mass is 9.96. The molecule has 0 aromatic heterocycles. The van der Waals surface area contributed by atoms with Crippen LogP contribution in [0, 0.1) is 5.41 Å². The Morgan fingerprint density at radius 2 is 1.71 bits per heavy atom. The molecule has 1 saturated heterocycles. The molecule has 2 heterocycles. The summed E-state index contributed by atoms with van der Waals surface area (Å²) in [5, 5.41) is 7.76. The number of hydrogen-bond donors (Lipinski definition) is 2. The Labute approximate surface area is 206 Å². The molecule has 0 saturated carbocycles. The highest BCUT2D eigenvalue weighted by Gasteiger charge is 2.36. The summed E-state index contributed by atoms with van der Waals surface area (Å²) in [5.74, 6) is 0.432. The molecule has 1 unspecified atom stereocenters. The van der Waals surface area contributed by atoms with Crippen LogP contribution in [-0.4, -0.2) is 28.7 Å². The van der Waals surface area contributed by atoms with Crippen molar-refractivity contribution in [1.29, 1.82) is 5.41 Å². The number of amides is 1. The first-order valence-electron chi connectivity index (χ1n) is 12.3. The number of para-hydroxylation sites is 2. The molecule has 3 aromatic rings. The Bertz CT molecular complexity index is 1230. The van der Waals surface area contributed by atoms with Crippen LogP contribution in [0.2, 0.25) is 0 Å². The van der Waals surface area contributed by atoms with E-state index in [9.17, 15) is 4.79 Å². The number of carbonyl (C=O) groups is 1. The SMILES string of the molecule is C[C@@H]1CCC[C@H](C)N1Cc1ccc(N2C(=O)C(c3cccc(C(=N)N)c3)Oc3ccccc32)cc1. The van der Waals surface area contributed by atoms with Crippen molar-refractivity contribution in [2.24, 2.45) is 5.73 Å². The van der Waals surface area contributed by atoms with Crippen molar-refractivity contribution in [2.45, 2.75) is 57.8 Å². The summed E-state index contributed by atoms with van der Waals surface area (Å²) in [6.45, 7) is 5.54. The molecule has 0 bridgehead atoms. The number of benzene rings is 3. The van der Waals surface area contributed by atoms with Crippen molar-refractivity contribution in [3.05, 3.63) is 89.5 Å². The van der Waals surface area contributed by atoms with Gasteiger partial charge in [0.25, 0.3) is 5.91 Å². The lowest BCUT2D eigenvalue weighted by Gasteiger charge is -2.39. The molecule has 5 rings (SSSR count). The third-order valence-electron chi connectivity index (χ3n) is 7.23. The maximum atomic E-state index is 13.8. The van der Waals surface area contributed by atoms with Gasteiger partial charge in [0.05, 0.1) is 5.69 Å². The molecule has 180 valence electrons. The van der Waals surface area contributed by atoms with Crippen molar-refractivity contribution in [1.82, 2.24) is 4.90 Å². The van der Waals surface area contributed by atoms with E-state index in [1.165, 1.54) is 24.8 Å². The van der Waals surface area contributed by atoms with E-state index >= 15 is 0 Å². The lowest BCUT2D eigenvalue weighted by molar-refractivity contribution is -0.125. The Morgan fingerprint density at radius 3 is 2.43 bits per heavy atom. The van der Waals surface area contributed by atoms with Crippen LogP contribution < -0.4 is 15.4 Å². The van der Waals surface area contributed by atoms with E-state index in [0.717, 1.165) is 17.9 Å². The molecule has 0 aliphatic carbocycles. The molecule has 3 atom stereocenters. The van der Waals surface area contributed by atoms with E-state index in [1.807, 2.05) is 42.5 Å². The van der Waals surface area contributed by atoms with Crippen molar-refractivity contribution in [3.8, 4) is 5.75 Å². The molecule has 2 aliphatic heterocycles. The summed E-state index contributed by atoms with van der Waals surface area (Å²) in [6.07, 6.45) is 2.97. The summed E-state index contributed by atoms with van der Waals surface area (Å²) in [5.41, 5.74) is 9.70. The van der Waals surface area contributed by atoms with E-state index in [2.05, 4.69) is 30.9 Å². The monoisotopic (exact) mass is 468 g/mol. The van der Waals surface area contributed by atoms with Gasteiger partial charge in [0.1, 0.15) is 11.6 Å². The van der Waals surface area contributed by atoms with Gasteiger partial charge in [-0.25, -0.2) is 0 Å². The lowest BCUT2D eigenvalue weighted by Crippen LogP contribution is -2.42. The highest BCUT2D eigenvalue weighted by Crippen LogP contribution is 2.42. The minimum atomic E-state index is -0.820. The second-order valence-electron chi connectivity index (χ2n) is 9.65. The average Bonchev–Trinajstić information content (AvgIpc) is 2.86. The number of likely N-dealkylation sites (tertiary alicyclic amines) is 1. The van der Waals surface area contributed by atoms with Crippen molar-refractivity contribution < 1.29 is 9.53 Å². The molecule has 0 radical (unpaired) electrons. The first-order chi connectivity index (χ1) is 16.9. The average molecular weight is 469 g/mol. The highest BCUT2D eigenvalue weighted by atomic mass is 16.5. The molecular formula is C29H32N4O2. The van der Waals surface area contributed by atoms with Crippen LogP contribution in [0.1, 0.15) is 55.9 Å². The third-order valence-corrected chi connectivity index (χ3v) is 7.23. The van der Waals surface area contributed by atoms with Gasteiger partial charge in [-0.15, -0.1) is 0 Å². The Morgan fingerprint density at radius 1 is 1.00 bits per heavy atom. The van der Waals surface area contributed by atoms with Gasteiger partial charge < -0.3 is 10.5 Å². The van der Waals surface area contributed by atoms with E-state index in [4.69, 9.17) is 15.9 Å². The topological polar surface area (TPSA) is 82.7 Å².